The van der Waals surface area contributed by atoms with Gasteiger partial charge in [-0.25, -0.2) is 19.7 Å². The second-order valence-corrected chi connectivity index (χ2v) is 5.92. The number of methoxy groups -OCH3 is 1. The number of piperidine rings is 1. The van der Waals surface area contributed by atoms with Crippen LogP contribution in [0.15, 0.2) is 29.5 Å². The SMILES string of the molecule is COc1cc(NC2CCN(Cc3ccnc(=O)n3C)CC2)ncn1. The van der Waals surface area contributed by atoms with Crippen LogP contribution in [0.2, 0.25) is 0 Å². The summed E-state index contributed by atoms with van der Waals surface area (Å²) in [5.41, 5.74) is 0.781. The molecule has 8 heteroatoms. The van der Waals surface area contributed by atoms with Gasteiger partial charge in [0.25, 0.3) is 0 Å². The van der Waals surface area contributed by atoms with E-state index in [4.69, 9.17) is 4.74 Å². The lowest BCUT2D eigenvalue weighted by Gasteiger charge is -2.32. The highest BCUT2D eigenvalue weighted by atomic mass is 16.5. The number of aromatic nitrogens is 4. The van der Waals surface area contributed by atoms with Gasteiger partial charge in [0.1, 0.15) is 12.1 Å². The van der Waals surface area contributed by atoms with E-state index in [9.17, 15) is 4.79 Å². The molecule has 1 N–H and O–H groups in total. The van der Waals surface area contributed by atoms with Crippen molar-refractivity contribution in [3.63, 3.8) is 0 Å². The van der Waals surface area contributed by atoms with Crippen LogP contribution in [0.4, 0.5) is 5.82 Å². The molecule has 0 atom stereocenters. The van der Waals surface area contributed by atoms with Crippen LogP contribution >= 0.6 is 0 Å². The Bertz CT molecular complexity index is 739. The highest BCUT2D eigenvalue weighted by molar-refractivity contribution is 5.38. The van der Waals surface area contributed by atoms with Crippen molar-refractivity contribution < 1.29 is 4.74 Å². The molecule has 0 saturated carbocycles. The van der Waals surface area contributed by atoms with Crippen molar-refractivity contribution in [3.05, 3.63) is 40.8 Å². The molecular formula is C16H22N6O2. The van der Waals surface area contributed by atoms with Crippen LogP contribution in [0.3, 0.4) is 0 Å². The zero-order chi connectivity index (χ0) is 16.9. The van der Waals surface area contributed by atoms with E-state index in [0.29, 0.717) is 11.9 Å². The van der Waals surface area contributed by atoms with Gasteiger partial charge in [-0.3, -0.25) is 9.47 Å². The number of rotatable bonds is 5. The van der Waals surface area contributed by atoms with E-state index in [-0.39, 0.29) is 5.69 Å². The molecule has 2 aromatic heterocycles. The van der Waals surface area contributed by atoms with E-state index < -0.39 is 0 Å². The third-order valence-electron chi connectivity index (χ3n) is 4.35. The molecule has 8 nitrogen and oxygen atoms in total. The summed E-state index contributed by atoms with van der Waals surface area (Å²) in [5.74, 6) is 1.35. The van der Waals surface area contributed by atoms with Gasteiger partial charge in [0, 0.05) is 50.7 Å². The zero-order valence-corrected chi connectivity index (χ0v) is 14.0. The largest absolute Gasteiger partial charge is 0.481 e. The van der Waals surface area contributed by atoms with Crippen LogP contribution in [0.1, 0.15) is 18.5 Å². The number of nitrogens with one attached hydrogen (secondary N) is 1. The first kappa shape index (κ1) is 16.4. The van der Waals surface area contributed by atoms with Gasteiger partial charge in [-0.15, -0.1) is 0 Å². The minimum Gasteiger partial charge on any atom is -0.481 e. The van der Waals surface area contributed by atoms with Crippen LogP contribution in [-0.2, 0) is 13.6 Å². The average Bonchev–Trinajstić information content (AvgIpc) is 2.61. The van der Waals surface area contributed by atoms with Gasteiger partial charge in [-0.05, 0) is 18.9 Å². The molecule has 0 bridgehead atoms. The highest BCUT2D eigenvalue weighted by Crippen LogP contribution is 2.18. The Balaban J connectivity index is 1.54. The molecule has 0 unspecified atom stereocenters. The Morgan fingerprint density at radius 2 is 2.08 bits per heavy atom. The van der Waals surface area contributed by atoms with E-state index in [1.165, 1.54) is 6.33 Å². The minimum atomic E-state index is -0.207. The molecule has 0 amide bonds. The molecule has 0 aliphatic carbocycles. The first-order chi connectivity index (χ1) is 11.7. The van der Waals surface area contributed by atoms with Crippen molar-refractivity contribution >= 4 is 5.82 Å². The summed E-state index contributed by atoms with van der Waals surface area (Å²) in [7, 11) is 3.36. The van der Waals surface area contributed by atoms with Gasteiger partial charge < -0.3 is 10.1 Å². The smallest absolute Gasteiger partial charge is 0.347 e. The van der Waals surface area contributed by atoms with Gasteiger partial charge in [0.05, 0.1) is 7.11 Å². The molecule has 0 aromatic carbocycles. The van der Waals surface area contributed by atoms with Crippen LogP contribution in [0, 0.1) is 0 Å². The normalized spacial score (nSPS) is 16.1. The molecule has 24 heavy (non-hydrogen) atoms. The molecule has 1 aliphatic rings. The van der Waals surface area contributed by atoms with Crippen LogP contribution in [0.25, 0.3) is 0 Å². The Morgan fingerprint density at radius 3 is 2.83 bits per heavy atom. The molecule has 1 fully saturated rings. The van der Waals surface area contributed by atoms with E-state index in [0.717, 1.165) is 44.0 Å². The van der Waals surface area contributed by atoms with Gasteiger partial charge >= 0.3 is 5.69 Å². The fourth-order valence-electron chi connectivity index (χ4n) is 2.87. The molecule has 3 rings (SSSR count). The number of hydrogen-bond donors (Lipinski definition) is 1. The van der Waals surface area contributed by atoms with E-state index >= 15 is 0 Å². The molecule has 3 heterocycles. The van der Waals surface area contributed by atoms with Gasteiger partial charge in [0.15, 0.2) is 0 Å². The summed E-state index contributed by atoms with van der Waals surface area (Å²) in [6, 6.07) is 4.08. The van der Waals surface area contributed by atoms with Crippen LogP contribution < -0.4 is 15.7 Å². The molecule has 1 saturated heterocycles. The first-order valence-corrected chi connectivity index (χ1v) is 8.01. The van der Waals surface area contributed by atoms with Crippen molar-refractivity contribution in [1.29, 1.82) is 0 Å². The average molecular weight is 330 g/mol. The van der Waals surface area contributed by atoms with Crippen molar-refractivity contribution in [2.24, 2.45) is 7.05 Å². The lowest BCUT2D eigenvalue weighted by atomic mass is 10.0. The zero-order valence-electron chi connectivity index (χ0n) is 14.0. The van der Waals surface area contributed by atoms with Gasteiger partial charge in [-0.2, -0.15) is 0 Å². The number of ether oxygens (including phenoxy) is 1. The van der Waals surface area contributed by atoms with Crippen molar-refractivity contribution in [2.45, 2.75) is 25.4 Å². The fraction of sp³-hybridized carbons (Fsp3) is 0.500. The monoisotopic (exact) mass is 330 g/mol. The molecule has 2 aromatic rings. The Labute approximate surface area is 140 Å². The molecule has 0 spiro atoms. The van der Waals surface area contributed by atoms with E-state index in [1.807, 2.05) is 6.07 Å². The number of nitrogens with zero attached hydrogens (tertiary/aromatic N) is 5. The summed E-state index contributed by atoms with van der Waals surface area (Å²) in [5, 5.41) is 3.44. The molecule has 1 aliphatic heterocycles. The van der Waals surface area contributed by atoms with Crippen LogP contribution in [-0.4, -0.2) is 50.7 Å². The third kappa shape index (κ3) is 3.88. The molecule has 0 radical (unpaired) electrons. The third-order valence-corrected chi connectivity index (χ3v) is 4.35. The summed E-state index contributed by atoms with van der Waals surface area (Å²) in [6.45, 7) is 2.70. The Kier molecular flexibility index (Phi) is 5.05. The summed E-state index contributed by atoms with van der Waals surface area (Å²) < 4.78 is 6.72. The summed E-state index contributed by atoms with van der Waals surface area (Å²) >= 11 is 0. The van der Waals surface area contributed by atoms with E-state index in [1.54, 1.807) is 31.0 Å². The van der Waals surface area contributed by atoms with Gasteiger partial charge in [-0.1, -0.05) is 0 Å². The lowest BCUT2D eigenvalue weighted by molar-refractivity contribution is 0.206. The Hall–Kier alpha value is -2.48. The quantitative estimate of drug-likeness (QED) is 0.862. The van der Waals surface area contributed by atoms with Crippen LogP contribution in [0.5, 0.6) is 5.88 Å². The second-order valence-electron chi connectivity index (χ2n) is 5.92. The maximum Gasteiger partial charge on any atom is 0.347 e. The highest BCUT2D eigenvalue weighted by Gasteiger charge is 2.20. The molecular weight excluding hydrogens is 308 g/mol. The minimum absolute atomic E-state index is 0.207. The lowest BCUT2D eigenvalue weighted by Crippen LogP contribution is -2.39. The van der Waals surface area contributed by atoms with Crippen molar-refractivity contribution in [2.75, 3.05) is 25.5 Å². The molecule has 128 valence electrons. The van der Waals surface area contributed by atoms with Crippen molar-refractivity contribution in [3.8, 4) is 5.88 Å². The maximum atomic E-state index is 11.6. The maximum absolute atomic E-state index is 11.6. The Morgan fingerprint density at radius 1 is 1.29 bits per heavy atom. The predicted molar refractivity (Wildman–Crippen MR) is 90.0 cm³/mol. The summed E-state index contributed by atoms with van der Waals surface area (Å²) in [6.07, 6.45) is 5.12. The topological polar surface area (TPSA) is 85.2 Å². The van der Waals surface area contributed by atoms with Crippen molar-refractivity contribution in [1.82, 2.24) is 24.4 Å². The number of hydrogen-bond acceptors (Lipinski definition) is 7. The fourth-order valence-corrected chi connectivity index (χ4v) is 2.87. The van der Waals surface area contributed by atoms with Gasteiger partial charge in [0.2, 0.25) is 5.88 Å². The number of likely N-dealkylation sites (tertiary alicyclic amines) is 1. The van der Waals surface area contributed by atoms with E-state index in [2.05, 4.69) is 25.2 Å². The predicted octanol–water partition coefficient (Wildman–Crippen LogP) is 0.655. The standard InChI is InChI=1S/C16H22N6O2/c1-21-13(3-6-17-16(21)23)10-22-7-4-12(5-8-22)20-14-9-15(24-2)19-11-18-14/h3,6,9,11-12H,4-5,7-8,10H2,1-2H3,(H,18,19,20). The first-order valence-electron chi connectivity index (χ1n) is 8.01. The summed E-state index contributed by atoms with van der Waals surface area (Å²) in [4.78, 5) is 25.9. The number of anilines is 1. The second kappa shape index (κ2) is 7.39.